The molecule has 1 unspecified atom stereocenters. The summed E-state index contributed by atoms with van der Waals surface area (Å²) in [7, 11) is 0. The number of benzene rings is 2. The van der Waals surface area contributed by atoms with Crippen LogP contribution in [0.25, 0.3) is 10.8 Å². The van der Waals surface area contributed by atoms with Crippen molar-refractivity contribution in [1.82, 2.24) is 9.62 Å². The van der Waals surface area contributed by atoms with Crippen molar-refractivity contribution in [2.75, 3.05) is 19.7 Å². The van der Waals surface area contributed by atoms with E-state index < -0.39 is 6.10 Å². The van der Waals surface area contributed by atoms with Crippen molar-refractivity contribution in [3.8, 4) is 0 Å². The molecule has 0 aromatic heterocycles. The largest absolute Gasteiger partial charge is 0.450 e. The maximum atomic E-state index is 11.8. The number of ether oxygens (including phenoxy) is 1. The van der Waals surface area contributed by atoms with E-state index in [0.717, 1.165) is 47.2 Å². The minimum absolute atomic E-state index is 0.210. The van der Waals surface area contributed by atoms with Gasteiger partial charge in [-0.1, -0.05) is 30.3 Å². The summed E-state index contributed by atoms with van der Waals surface area (Å²) >= 11 is 1.63. The molecular weight excluding hydrogens is 348 g/mol. The van der Waals surface area contributed by atoms with Crippen LogP contribution in [0.1, 0.15) is 38.4 Å². The van der Waals surface area contributed by atoms with Gasteiger partial charge in [0.1, 0.15) is 0 Å². The lowest BCUT2D eigenvalue weighted by Crippen LogP contribution is -2.43. The first-order valence-corrected chi connectivity index (χ1v) is 9.95. The summed E-state index contributed by atoms with van der Waals surface area (Å²) in [6.45, 7) is 5.49. The van der Waals surface area contributed by atoms with Gasteiger partial charge in [-0.25, -0.2) is 4.79 Å². The lowest BCUT2D eigenvalue weighted by atomic mass is 10.0. The zero-order chi connectivity index (χ0) is 18.5. The lowest BCUT2D eigenvalue weighted by Gasteiger charge is -2.31. The minimum atomic E-state index is -0.487. The van der Waals surface area contributed by atoms with Gasteiger partial charge in [0.2, 0.25) is 0 Å². The number of rotatable bonds is 5. The first kappa shape index (κ1) is 19.0. The Morgan fingerprint density at radius 1 is 1.27 bits per heavy atom. The number of aliphatic hydroxyl groups excluding tert-OH is 1. The maximum Gasteiger partial charge on any atom is 0.409 e. The number of fused-ring (bicyclic) bond motifs is 1. The quantitative estimate of drug-likeness (QED) is 0.771. The third-order valence-corrected chi connectivity index (χ3v) is 5.75. The van der Waals surface area contributed by atoms with Crippen LogP contribution in [-0.2, 0) is 4.74 Å². The second-order valence-electron chi connectivity index (χ2n) is 6.55. The Morgan fingerprint density at radius 3 is 2.62 bits per heavy atom. The second kappa shape index (κ2) is 8.75. The van der Waals surface area contributed by atoms with Crippen molar-refractivity contribution in [3.05, 3.63) is 42.0 Å². The molecule has 26 heavy (non-hydrogen) atoms. The fraction of sp³-hybridized carbons (Fsp3) is 0.450. The number of hydrogen-bond acceptors (Lipinski definition) is 5. The molecular formula is C20H26N2O3S. The van der Waals surface area contributed by atoms with Crippen LogP contribution in [-0.4, -0.2) is 41.8 Å². The van der Waals surface area contributed by atoms with E-state index in [1.807, 2.05) is 25.1 Å². The number of carbonyl (C=O) groups is 1. The molecule has 2 aromatic carbocycles. The van der Waals surface area contributed by atoms with Crippen LogP contribution in [0.5, 0.6) is 0 Å². The van der Waals surface area contributed by atoms with Crippen molar-refractivity contribution in [2.24, 2.45) is 0 Å². The fourth-order valence-electron chi connectivity index (χ4n) is 3.29. The van der Waals surface area contributed by atoms with E-state index in [2.05, 4.69) is 22.9 Å². The third kappa shape index (κ3) is 4.31. The minimum Gasteiger partial charge on any atom is -0.450 e. The van der Waals surface area contributed by atoms with Crippen LogP contribution < -0.4 is 4.72 Å². The molecule has 2 aromatic rings. The zero-order valence-corrected chi connectivity index (χ0v) is 16.1. The Labute approximate surface area is 158 Å². The molecule has 0 radical (unpaired) electrons. The number of nitrogens with zero attached hydrogens (tertiary/aromatic N) is 1. The van der Waals surface area contributed by atoms with Crippen LogP contribution in [0.15, 0.2) is 41.3 Å². The van der Waals surface area contributed by atoms with Gasteiger partial charge in [0, 0.05) is 24.0 Å². The van der Waals surface area contributed by atoms with Gasteiger partial charge in [0.05, 0.1) is 12.7 Å². The highest BCUT2D eigenvalue weighted by Gasteiger charge is 2.23. The summed E-state index contributed by atoms with van der Waals surface area (Å²) in [5.41, 5.74) is 0.952. The number of hydrogen-bond donors (Lipinski definition) is 2. The average molecular weight is 375 g/mol. The van der Waals surface area contributed by atoms with Crippen LogP contribution >= 0.6 is 11.9 Å². The number of aliphatic hydroxyl groups is 1. The summed E-state index contributed by atoms with van der Waals surface area (Å²) < 4.78 is 8.61. The first-order valence-electron chi connectivity index (χ1n) is 9.14. The summed E-state index contributed by atoms with van der Waals surface area (Å²) in [4.78, 5) is 14.7. The van der Waals surface area contributed by atoms with Gasteiger partial charge < -0.3 is 14.7 Å². The number of amides is 1. The summed E-state index contributed by atoms with van der Waals surface area (Å²) in [5.74, 6) is 0. The van der Waals surface area contributed by atoms with E-state index in [4.69, 9.17) is 4.74 Å². The Bertz CT molecular complexity index is 758. The summed E-state index contributed by atoms with van der Waals surface area (Å²) in [6, 6.07) is 12.6. The molecule has 1 aliphatic heterocycles. The van der Waals surface area contributed by atoms with Gasteiger partial charge in [-0.2, -0.15) is 0 Å². The predicted octanol–water partition coefficient (Wildman–Crippen LogP) is 4.11. The second-order valence-corrected chi connectivity index (χ2v) is 7.43. The molecule has 1 atom stereocenters. The van der Waals surface area contributed by atoms with Gasteiger partial charge in [0.25, 0.3) is 0 Å². The number of nitrogens with one attached hydrogen (secondary N) is 1. The van der Waals surface area contributed by atoms with Crippen LogP contribution in [0.2, 0.25) is 0 Å². The van der Waals surface area contributed by atoms with Gasteiger partial charge in [-0.15, -0.1) is 0 Å². The van der Waals surface area contributed by atoms with Gasteiger partial charge >= 0.3 is 6.09 Å². The van der Waals surface area contributed by atoms with E-state index in [0.29, 0.717) is 12.6 Å². The summed E-state index contributed by atoms with van der Waals surface area (Å²) in [6.07, 6.45) is 1.13. The number of likely N-dealkylation sites (tertiary alicyclic amines) is 1. The van der Waals surface area contributed by atoms with E-state index in [9.17, 15) is 9.90 Å². The Balaban J connectivity index is 1.63. The monoisotopic (exact) mass is 374 g/mol. The van der Waals surface area contributed by atoms with E-state index in [1.165, 1.54) is 0 Å². The van der Waals surface area contributed by atoms with Crippen LogP contribution in [0.4, 0.5) is 4.79 Å². The maximum absolute atomic E-state index is 11.8. The molecule has 1 heterocycles. The molecule has 0 bridgehead atoms. The molecule has 2 N–H and O–H groups in total. The summed E-state index contributed by atoms with van der Waals surface area (Å²) in [5, 5.41) is 12.2. The van der Waals surface area contributed by atoms with Crippen molar-refractivity contribution in [1.29, 1.82) is 0 Å². The third-order valence-electron chi connectivity index (χ3n) is 4.72. The molecule has 3 rings (SSSR count). The fourth-order valence-corrected chi connectivity index (χ4v) is 4.24. The highest BCUT2D eigenvalue weighted by Crippen LogP contribution is 2.32. The Hall–Kier alpha value is -1.76. The zero-order valence-electron chi connectivity index (χ0n) is 15.3. The Kier molecular flexibility index (Phi) is 6.40. The van der Waals surface area contributed by atoms with Crippen molar-refractivity contribution >= 4 is 28.8 Å². The molecule has 0 spiro atoms. The average Bonchev–Trinajstić information content (AvgIpc) is 2.66. The molecule has 140 valence electrons. The molecule has 5 nitrogen and oxygen atoms in total. The molecule has 0 aliphatic carbocycles. The predicted molar refractivity (Wildman–Crippen MR) is 105 cm³/mol. The SMILES string of the molecule is CCOC(=O)N1CCC(NSc2ccc(C(C)O)c3ccccc23)CC1. The van der Waals surface area contributed by atoms with Crippen LogP contribution in [0.3, 0.4) is 0 Å². The topological polar surface area (TPSA) is 61.8 Å². The molecule has 1 fully saturated rings. The normalized spacial score (nSPS) is 16.7. The van der Waals surface area contributed by atoms with Crippen molar-refractivity contribution < 1.29 is 14.6 Å². The first-order chi connectivity index (χ1) is 12.6. The van der Waals surface area contributed by atoms with Gasteiger partial charge in [0.15, 0.2) is 0 Å². The highest BCUT2D eigenvalue weighted by atomic mass is 32.2. The van der Waals surface area contributed by atoms with Crippen LogP contribution in [0, 0.1) is 0 Å². The van der Waals surface area contributed by atoms with Crippen molar-refractivity contribution in [2.45, 2.75) is 43.7 Å². The molecule has 1 saturated heterocycles. The number of piperidine rings is 1. The van der Waals surface area contributed by atoms with E-state index >= 15 is 0 Å². The molecule has 6 heteroatoms. The molecule has 1 aliphatic rings. The standard InChI is InChI=1S/C20H26N2O3S/c1-3-25-20(24)22-12-10-15(11-13-22)21-26-19-9-8-16(14(2)23)17-6-4-5-7-18(17)19/h4-9,14-15,21,23H,3,10-13H2,1-2H3. The molecule has 1 amide bonds. The highest BCUT2D eigenvalue weighted by molar-refractivity contribution is 7.97. The smallest absolute Gasteiger partial charge is 0.409 e. The van der Waals surface area contributed by atoms with Gasteiger partial charge in [-0.05, 0) is 61.0 Å². The number of carbonyl (C=O) groups excluding carboxylic acids is 1. The van der Waals surface area contributed by atoms with Gasteiger partial charge in [-0.3, -0.25) is 4.72 Å². The van der Waals surface area contributed by atoms with E-state index in [1.54, 1.807) is 23.8 Å². The van der Waals surface area contributed by atoms with Crippen molar-refractivity contribution in [3.63, 3.8) is 0 Å². The van der Waals surface area contributed by atoms with E-state index in [-0.39, 0.29) is 6.09 Å². The molecule has 0 saturated carbocycles. The Morgan fingerprint density at radius 2 is 1.96 bits per heavy atom. The lowest BCUT2D eigenvalue weighted by molar-refractivity contribution is 0.0967.